The van der Waals surface area contributed by atoms with E-state index in [0.717, 1.165) is 31.2 Å². The molecule has 58 heavy (non-hydrogen) atoms. The number of benzene rings is 5. The standard InChI is InChI=1S/C44H38N4O10/c49-28-11-9-26(10-12-28)38-23-36(42-37(52)19-30(51)21-41(42)56-38)46-55-18-6-2-1-5-17-48-24-27(45-47-48)25-54-31-14-16-35-40(22-31)57-39-20-29(50)13-15-34(39)44(35)33-8-4-3-7-32(33)43(53)58-44/h3-4,7-16,19-22,24,38,49-52H,1-2,5-6,17-18,23,25H2/b46-36+. The molecule has 14 nitrogen and oxygen atoms in total. The van der Waals surface area contributed by atoms with E-state index in [1.54, 1.807) is 65.3 Å². The lowest BCUT2D eigenvalue weighted by molar-refractivity contribution is 0.0224. The number of phenolic OH excluding ortho intramolecular Hbond substituents is 4. The van der Waals surface area contributed by atoms with Crippen molar-refractivity contribution in [2.75, 3.05) is 6.61 Å². The molecule has 6 aromatic rings. The zero-order valence-corrected chi connectivity index (χ0v) is 31.1. The minimum absolute atomic E-state index is 0.0239. The number of rotatable bonds is 12. The maximum Gasteiger partial charge on any atom is 0.340 e. The number of oxime groups is 1. The van der Waals surface area contributed by atoms with E-state index in [0.29, 0.717) is 81.8 Å². The molecule has 0 bridgehead atoms. The van der Waals surface area contributed by atoms with Gasteiger partial charge < -0.3 is 44.2 Å². The number of fused-ring (bicyclic) bond motifs is 7. The van der Waals surface area contributed by atoms with Gasteiger partial charge in [0.05, 0.1) is 23.0 Å². The van der Waals surface area contributed by atoms with Crippen LogP contribution in [0.2, 0.25) is 0 Å². The number of nitrogens with zero attached hydrogens (tertiary/aromatic N) is 4. The van der Waals surface area contributed by atoms with Gasteiger partial charge in [-0.15, -0.1) is 5.10 Å². The minimum atomic E-state index is -1.23. The number of aryl methyl sites for hydroxylation is 1. The summed E-state index contributed by atoms with van der Waals surface area (Å²) in [6.07, 6.45) is 5.23. The normalized spacial score (nSPS) is 18.0. The minimum Gasteiger partial charge on any atom is -0.508 e. The smallest absolute Gasteiger partial charge is 0.340 e. The van der Waals surface area contributed by atoms with Crippen molar-refractivity contribution in [2.45, 2.75) is 57.0 Å². The van der Waals surface area contributed by atoms with Gasteiger partial charge in [0.2, 0.25) is 0 Å². The highest BCUT2D eigenvalue weighted by Gasteiger charge is 2.53. The highest BCUT2D eigenvalue weighted by molar-refractivity contribution is 6.06. The first-order valence-corrected chi connectivity index (χ1v) is 19.0. The van der Waals surface area contributed by atoms with E-state index >= 15 is 0 Å². The molecule has 5 aromatic carbocycles. The number of aromatic nitrogens is 3. The second-order valence-electron chi connectivity index (χ2n) is 14.3. The zero-order valence-electron chi connectivity index (χ0n) is 31.1. The van der Waals surface area contributed by atoms with Crippen molar-refractivity contribution >= 4 is 11.7 Å². The van der Waals surface area contributed by atoms with E-state index in [9.17, 15) is 25.2 Å². The van der Waals surface area contributed by atoms with Gasteiger partial charge in [0.1, 0.15) is 71.0 Å². The Kier molecular flexibility index (Phi) is 9.44. The van der Waals surface area contributed by atoms with E-state index in [2.05, 4.69) is 15.5 Å². The van der Waals surface area contributed by atoms with Crippen LogP contribution in [0.1, 0.15) is 82.1 Å². The second-order valence-corrected chi connectivity index (χ2v) is 14.3. The van der Waals surface area contributed by atoms with Crippen molar-refractivity contribution in [3.8, 4) is 46.0 Å². The van der Waals surface area contributed by atoms with E-state index < -0.39 is 17.7 Å². The third kappa shape index (κ3) is 6.82. The van der Waals surface area contributed by atoms with Crippen LogP contribution in [0.25, 0.3) is 0 Å². The van der Waals surface area contributed by atoms with Crippen LogP contribution in [-0.4, -0.2) is 53.7 Å². The molecule has 294 valence electrons. The molecule has 0 radical (unpaired) electrons. The highest BCUT2D eigenvalue weighted by Crippen LogP contribution is 2.57. The summed E-state index contributed by atoms with van der Waals surface area (Å²) in [5.41, 5.74) is 3.56. The van der Waals surface area contributed by atoms with Crippen LogP contribution >= 0.6 is 0 Å². The van der Waals surface area contributed by atoms with Crippen molar-refractivity contribution in [3.05, 3.63) is 142 Å². The molecule has 9 rings (SSSR count). The maximum absolute atomic E-state index is 13.1. The number of carbonyl (C=O) groups is 1. The monoisotopic (exact) mass is 782 g/mol. The lowest BCUT2D eigenvalue weighted by Gasteiger charge is -2.36. The van der Waals surface area contributed by atoms with Gasteiger partial charge in [-0.1, -0.05) is 47.1 Å². The topological polar surface area (TPSA) is 187 Å². The summed E-state index contributed by atoms with van der Waals surface area (Å²) >= 11 is 0. The first-order chi connectivity index (χ1) is 28.2. The Balaban J connectivity index is 0.768. The van der Waals surface area contributed by atoms with Crippen LogP contribution in [0, 0.1) is 0 Å². The first kappa shape index (κ1) is 36.4. The fourth-order valence-corrected chi connectivity index (χ4v) is 7.72. The second kappa shape index (κ2) is 15.0. The Hall–Kier alpha value is -7.22. The van der Waals surface area contributed by atoms with Crippen LogP contribution < -0.4 is 14.2 Å². The summed E-state index contributed by atoms with van der Waals surface area (Å²) in [5.74, 6) is 1.09. The molecule has 0 fully saturated rings. The number of phenols is 4. The summed E-state index contributed by atoms with van der Waals surface area (Å²) in [6, 6.07) is 26.8. The van der Waals surface area contributed by atoms with Crippen LogP contribution in [0.4, 0.5) is 0 Å². The van der Waals surface area contributed by atoms with Gasteiger partial charge in [-0.25, -0.2) is 4.79 Å². The van der Waals surface area contributed by atoms with E-state index in [1.165, 1.54) is 18.2 Å². The Labute approximate surface area is 332 Å². The highest BCUT2D eigenvalue weighted by atomic mass is 16.6. The summed E-state index contributed by atoms with van der Waals surface area (Å²) in [4.78, 5) is 18.7. The Morgan fingerprint density at radius 1 is 0.793 bits per heavy atom. The Morgan fingerprint density at radius 3 is 2.41 bits per heavy atom. The zero-order chi connectivity index (χ0) is 39.8. The molecule has 1 aromatic heterocycles. The fraction of sp³-hybridized carbons (Fsp3) is 0.227. The molecular formula is C44H38N4O10. The van der Waals surface area contributed by atoms with E-state index in [1.807, 2.05) is 24.4 Å². The lowest BCUT2D eigenvalue weighted by Crippen LogP contribution is -2.32. The maximum atomic E-state index is 13.1. The number of hydrogen-bond donors (Lipinski definition) is 4. The number of carbonyl (C=O) groups excluding carboxylic acids is 1. The van der Waals surface area contributed by atoms with Crippen molar-refractivity contribution in [1.29, 1.82) is 0 Å². The Morgan fingerprint density at radius 2 is 1.55 bits per heavy atom. The molecule has 1 spiro atoms. The number of ether oxygens (including phenoxy) is 4. The van der Waals surface area contributed by atoms with Crippen LogP contribution in [-0.2, 0) is 28.3 Å². The number of hydrogen-bond acceptors (Lipinski definition) is 13. The van der Waals surface area contributed by atoms with Gasteiger partial charge in [-0.3, -0.25) is 4.68 Å². The van der Waals surface area contributed by atoms with Crippen LogP contribution in [0.15, 0.2) is 108 Å². The van der Waals surface area contributed by atoms with Gasteiger partial charge in [-0.2, -0.15) is 0 Å². The molecule has 3 aliphatic heterocycles. The summed E-state index contributed by atoms with van der Waals surface area (Å²) < 4.78 is 26.3. The quantitative estimate of drug-likeness (QED) is 0.0538. The van der Waals surface area contributed by atoms with Crippen LogP contribution in [0.3, 0.4) is 0 Å². The van der Waals surface area contributed by atoms with Crippen molar-refractivity contribution in [3.63, 3.8) is 0 Å². The molecule has 2 atom stereocenters. The molecule has 0 aliphatic carbocycles. The average Bonchev–Trinajstić information content (AvgIpc) is 3.79. The molecule has 4 N–H and O–H groups in total. The summed E-state index contributed by atoms with van der Waals surface area (Å²) in [7, 11) is 0. The van der Waals surface area contributed by atoms with Gasteiger partial charge in [0, 0.05) is 53.9 Å². The molecule has 0 saturated heterocycles. The number of unbranched alkanes of at least 4 members (excludes halogenated alkanes) is 3. The third-order valence-corrected chi connectivity index (χ3v) is 10.5. The predicted octanol–water partition coefficient (Wildman–Crippen LogP) is 7.75. The summed E-state index contributed by atoms with van der Waals surface area (Å²) in [5, 5.41) is 53.4. The molecule has 4 heterocycles. The largest absolute Gasteiger partial charge is 0.508 e. The number of esters is 1. The predicted molar refractivity (Wildman–Crippen MR) is 208 cm³/mol. The van der Waals surface area contributed by atoms with Crippen molar-refractivity contribution < 1.29 is 49.0 Å². The molecule has 0 amide bonds. The van der Waals surface area contributed by atoms with E-state index in [-0.39, 0.29) is 29.6 Å². The van der Waals surface area contributed by atoms with Crippen molar-refractivity contribution in [2.24, 2.45) is 5.16 Å². The van der Waals surface area contributed by atoms with Gasteiger partial charge in [0.25, 0.3) is 0 Å². The van der Waals surface area contributed by atoms with E-state index in [4.69, 9.17) is 23.8 Å². The first-order valence-electron chi connectivity index (χ1n) is 19.0. The molecule has 3 aliphatic rings. The lowest BCUT2D eigenvalue weighted by atomic mass is 9.77. The average molecular weight is 783 g/mol. The summed E-state index contributed by atoms with van der Waals surface area (Å²) in [6.45, 7) is 1.23. The van der Waals surface area contributed by atoms with Crippen molar-refractivity contribution in [1.82, 2.24) is 15.0 Å². The third-order valence-electron chi connectivity index (χ3n) is 10.5. The fourth-order valence-electron chi connectivity index (χ4n) is 7.72. The SMILES string of the molecule is O=C1OC2(c3ccc(O)cc3Oc3cc(OCc4cn(CCCCCCO/N=C5\CC(c6ccc(O)cc6)Oc6cc(O)cc(O)c65)nn4)ccc32)c2ccccc21. The number of aromatic hydroxyl groups is 4. The molecule has 2 unspecified atom stereocenters. The molecular weight excluding hydrogens is 745 g/mol. The van der Waals surface area contributed by atoms with Gasteiger partial charge >= 0.3 is 5.97 Å². The van der Waals surface area contributed by atoms with Gasteiger partial charge in [0.15, 0.2) is 5.60 Å². The van der Waals surface area contributed by atoms with Crippen LogP contribution in [0.5, 0.6) is 46.0 Å². The van der Waals surface area contributed by atoms with Gasteiger partial charge in [-0.05, 0) is 67.3 Å². The molecule has 14 heteroatoms. The Bertz CT molecular complexity index is 2550. The molecule has 0 saturated carbocycles.